The summed E-state index contributed by atoms with van der Waals surface area (Å²) in [5.41, 5.74) is 8.17. The van der Waals surface area contributed by atoms with Gasteiger partial charge in [0.15, 0.2) is 0 Å². The van der Waals surface area contributed by atoms with Crippen LogP contribution in [0.1, 0.15) is 30.8 Å². The van der Waals surface area contributed by atoms with Crippen molar-refractivity contribution in [2.45, 2.75) is 26.3 Å². The molecule has 1 atom stereocenters. The van der Waals surface area contributed by atoms with E-state index in [1.165, 1.54) is 0 Å². The molecule has 2 aromatic rings. The Kier molecular flexibility index (Phi) is 2.17. The Morgan fingerprint density at radius 2 is 2.22 bits per heavy atom. The van der Waals surface area contributed by atoms with Crippen molar-refractivity contribution in [2.75, 3.05) is 5.73 Å². The number of anilines is 1. The molecule has 4 heteroatoms. The highest BCUT2D eigenvalue weighted by Crippen LogP contribution is 2.44. The first-order valence-corrected chi connectivity index (χ1v) is 6.15. The molecule has 1 aliphatic rings. The fourth-order valence-corrected chi connectivity index (χ4v) is 2.25. The number of hydrogen-bond acceptors (Lipinski definition) is 2. The van der Waals surface area contributed by atoms with Gasteiger partial charge in [0, 0.05) is 11.4 Å². The number of amides is 1. The molecule has 1 aromatic heterocycles. The number of carbonyl (C=O) groups excluding carboxylic acids is 1. The van der Waals surface area contributed by atoms with Crippen molar-refractivity contribution >= 4 is 22.5 Å². The first-order valence-electron chi connectivity index (χ1n) is 6.15. The van der Waals surface area contributed by atoms with E-state index in [-0.39, 0.29) is 17.4 Å². The highest BCUT2D eigenvalue weighted by Gasteiger charge is 2.46. The number of rotatable bonds is 2. The molecular weight excluding hydrogens is 226 g/mol. The van der Waals surface area contributed by atoms with Gasteiger partial charge in [-0.05, 0) is 24.0 Å². The van der Waals surface area contributed by atoms with Crippen LogP contribution in [-0.2, 0) is 0 Å². The van der Waals surface area contributed by atoms with Crippen molar-refractivity contribution in [3.05, 3.63) is 30.0 Å². The smallest absolute Gasteiger partial charge is 0.267 e. The lowest BCUT2D eigenvalue weighted by Gasteiger charge is -2.05. The molecular formula is C14H17N3O. The lowest BCUT2D eigenvalue weighted by molar-refractivity contribution is 0.0942. The summed E-state index contributed by atoms with van der Waals surface area (Å²) in [5.74, 6) is -0.0545. The minimum absolute atomic E-state index is 0.0545. The van der Waals surface area contributed by atoms with E-state index in [2.05, 4.69) is 24.1 Å². The molecule has 0 saturated heterocycles. The van der Waals surface area contributed by atoms with Crippen LogP contribution in [0, 0.1) is 5.41 Å². The molecule has 0 radical (unpaired) electrons. The number of aromatic nitrogens is 1. The topological polar surface area (TPSA) is 70.9 Å². The molecule has 3 rings (SSSR count). The summed E-state index contributed by atoms with van der Waals surface area (Å²) >= 11 is 0. The molecule has 0 bridgehead atoms. The van der Waals surface area contributed by atoms with Gasteiger partial charge in [-0.25, -0.2) is 0 Å². The van der Waals surface area contributed by atoms with Crippen LogP contribution < -0.4 is 11.1 Å². The number of fused-ring (bicyclic) bond motifs is 1. The molecule has 1 saturated carbocycles. The van der Waals surface area contributed by atoms with Crippen LogP contribution in [0.25, 0.3) is 10.9 Å². The Morgan fingerprint density at radius 1 is 1.50 bits per heavy atom. The zero-order chi connectivity index (χ0) is 12.9. The molecule has 94 valence electrons. The monoisotopic (exact) mass is 243 g/mol. The van der Waals surface area contributed by atoms with E-state index < -0.39 is 0 Å². The van der Waals surface area contributed by atoms with Gasteiger partial charge >= 0.3 is 0 Å². The van der Waals surface area contributed by atoms with Crippen molar-refractivity contribution in [1.29, 1.82) is 0 Å². The summed E-state index contributed by atoms with van der Waals surface area (Å²) in [6, 6.07) is 7.78. The number of nitrogen functional groups attached to an aromatic ring is 1. The van der Waals surface area contributed by atoms with Crippen LogP contribution in [-0.4, -0.2) is 16.9 Å². The molecule has 1 amide bonds. The number of benzene rings is 1. The van der Waals surface area contributed by atoms with Crippen molar-refractivity contribution in [3.8, 4) is 0 Å². The minimum Gasteiger partial charge on any atom is -0.397 e. The molecule has 0 spiro atoms. The third kappa shape index (κ3) is 1.74. The van der Waals surface area contributed by atoms with Crippen molar-refractivity contribution < 1.29 is 4.79 Å². The number of nitrogens with two attached hydrogens (primary N) is 1. The van der Waals surface area contributed by atoms with Gasteiger partial charge < -0.3 is 16.0 Å². The molecule has 0 aliphatic heterocycles. The highest BCUT2D eigenvalue weighted by atomic mass is 16.2. The van der Waals surface area contributed by atoms with Crippen LogP contribution in [0.5, 0.6) is 0 Å². The average Bonchev–Trinajstić information content (AvgIpc) is 2.76. The molecule has 1 heterocycles. The second-order valence-corrected chi connectivity index (χ2v) is 5.71. The normalized spacial score (nSPS) is 20.9. The summed E-state index contributed by atoms with van der Waals surface area (Å²) in [6.45, 7) is 4.31. The van der Waals surface area contributed by atoms with E-state index in [9.17, 15) is 4.79 Å². The largest absolute Gasteiger partial charge is 0.397 e. The number of H-pyrrole nitrogens is 1. The number of nitrogens with one attached hydrogen (secondary N) is 2. The maximum Gasteiger partial charge on any atom is 0.267 e. The van der Waals surface area contributed by atoms with Crippen molar-refractivity contribution in [2.24, 2.45) is 5.41 Å². The fraction of sp³-hybridized carbons (Fsp3) is 0.357. The fourth-order valence-electron chi connectivity index (χ4n) is 2.25. The second kappa shape index (κ2) is 3.51. The molecule has 4 nitrogen and oxygen atoms in total. The van der Waals surface area contributed by atoms with Gasteiger partial charge in [0.25, 0.3) is 5.91 Å². The Labute approximate surface area is 106 Å². The third-order valence-electron chi connectivity index (χ3n) is 3.75. The first-order chi connectivity index (χ1) is 8.47. The van der Waals surface area contributed by atoms with Gasteiger partial charge in [-0.3, -0.25) is 4.79 Å². The zero-order valence-corrected chi connectivity index (χ0v) is 10.6. The van der Waals surface area contributed by atoms with E-state index in [1.54, 1.807) is 0 Å². The van der Waals surface area contributed by atoms with E-state index in [1.807, 2.05) is 24.3 Å². The molecule has 1 fully saturated rings. The Balaban J connectivity index is 1.86. The van der Waals surface area contributed by atoms with Gasteiger partial charge in [0.05, 0.1) is 11.2 Å². The van der Waals surface area contributed by atoms with Crippen LogP contribution in [0.3, 0.4) is 0 Å². The van der Waals surface area contributed by atoms with Gasteiger partial charge in [0.1, 0.15) is 5.69 Å². The molecule has 4 N–H and O–H groups in total. The maximum absolute atomic E-state index is 12.1. The summed E-state index contributed by atoms with van der Waals surface area (Å²) in [4.78, 5) is 15.2. The standard InChI is InChI=1S/C14H17N3O/c1-14(2)7-11(14)17-13(18)10-6-8-4-3-5-9(15)12(8)16-10/h3-6,11,16H,7,15H2,1-2H3,(H,17,18). The summed E-state index contributed by atoms with van der Waals surface area (Å²) in [5, 5.41) is 4.00. The number of para-hydroxylation sites is 1. The van der Waals surface area contributed by atoms with Crippen LogP contribution in [0.4, 0.5) is 5.69 Å². The average molecular weight is 243 g/mol. The van der Waals surface area contributed by atoms with Crippen LogP contribution in [0.2, 0.25) is 0 Å². The highest BCUT2D eigenvalue weighted by molar-refractivity contribution is 6.01. The lowest BCUT2D eigenvalue weighted by Crippen LogP contribution is -2.28. The Bertz CT molecular complexity index is 627. The van der Waals surface area contributed by atoms with E-state index in [0.717, 1.165) is 17.3 Å². The zero-order valence-electron chi connectivity index (χ0n) is 10.6. The summed E-state index contributed by atoms with van der Waals surface area (Å²) < 4.78 is 0. The number of aromatic amines is 1. The summed E-state index contributed by atoms with van der Waals surface area (Å²) in [7, 11) is 0. The summed E-state index contributed by atoms with van der Waals surface area (Å²) in [6.07, 6.45) is 1.04. The molecule has 1 unspecified atom stereocenters. The van der Waals surface area contributed by atoms with Crippen LogP contribution >= 0.6 is 0 Å². The minimum atomic E-state index is -0.0545. The Hall–Kier alpha value is -1.97. The molecule has 18 heavy (non-hydrogen) atoms. The van der Waals surface area contributed by atoms with Crippen molar-refractivity contribution in [1.82, 2.24) is 10.3 Å². The second-order valence-electron chi connectivity index (χ2n) is 5.71. The first kappa shape index (κ1) is 11.1. The SMILES string of the molecule is CC1(C)CC1NC(=O)c1cc2cccc(N)c2[nH]1. The maximum atomic E-state index is 12.1. The van der Waals surface area contributed by atoms with Gasteiger partial charge in [0.2, 0.25) is 0 Å². The van der Waals surface area contributed by atoms with Gasteiger partial charge in [-0.15, -0.1) is 0 Å². The quantitative estimate of drug-likeness (QED) is 0.708. The van der Waals surface area contributed by atoms with E-state index in [0.29, 0.717) is 11.4 Å². The predicted octanol–water partition coefficient (Wildman–Crippen LogP) is 2.28. The Morgan fingerprint density at radius 3 is 2.83 bits per heavy atom. The molecule has 1 aliphatic carbocycles. The number of hydrogen-bond donors (Lipinski definition) is 3. The van der Waals surface area contributed by atoms with Crippen molar-refractivity contribution in [3.63, 3.8) is 0 Å². The van der Waals surface area contributed by atoms with Gasteiger partial charge in [-0.1, -0.05) is 26.0 Å². The molecule has 1 aromatic carbocycles. The van der Waals surface area contributed by atoms with Gasteiger partial charge in [-0.2, -0.15) is 0 Å². The van der Waals surface area contributed by atoms with E-state index in [4.69, 9.17) is 5.73 Å². The van der Waals surface area contributed by atoms with Crippen LogP contribution in [0.15, 0.2) is 24.3 Å². The number of carbonyl (C=O) groups is 1. The van der Waals surface area contributed by atoms with E-state index >= 15 is 0 Å². The lowest BCUT2D eigenvalue weighted by atomic mass is 10.2. The third-order valence-corrected chi connectivity index (χ3v) is 3.75. The predicted molar refractivity (Wildman–Crippen MR) is 72.4 cm³/mol.